The topological polar surface area (TPSA) is 54.2 Å². The van der Waals surface area contributed by atoms with Crippen molar-refractivity contribution in [1.82, 2.24) is 20.2 Å². The Labute approximate surface area is 136 Å². The molecule has 0 aliphatic carbocycles. The smallest absolute Gasteiger partial charge is 0.191 e. The van der Waals surface area contributed by atoms with E-state index in [1.54, 1.807) is 18.3 Å². The Morgan fingerprint density at radius 1 is 1.35 bits per heavy atom. The predicted octanol–water partition coefficient (Wildman–Crippen LogP) is 2.21. The lowest BCUT2D eigenvalue weighted by Crippen LogP contribution is -2.38. The van der Waals surface area contributed by atoms with Gasteiger partial charge in [-0.15, -0.1) is 0 Å². The summed E-state index contributed by atoms with van der Waals surface area (Å²) in [5.41, 5.74) is 0.980. The average Bonchev–Trinajstić information content (AvgIpc) is 3.05. The molecule has 6 heteroatoms. The molecule has 0 spiro atoms. The van der Waals surface area contributed by atoms with E-state index in [0.29, 0.717) is 0 Å². The maximum absolute atomic E-state index is 13.1. The molecule has 0 unspecified atom stereocenters. The molecule has 0 bridgehead atoms. The van der Waals surface area contributed by atoms with E-state index in [1.807, 2.05) is 30.1 Å². The lowest BCUT2D eigenvalue weighted by molar-refractivity contribution is 0.625. The summed E-state index contributed by atoms with van der Waals surface area (Å²) in [5, 5.41) is 6.50. The second kappa shape index (κ2) is 9.61. The van der Waals surface area contributed by atoms with E-state index >= 15 is 0 Å². The molecule has 0 aliphatic rings. The van der Waals surface area contributed by atoms with Crippen LogP contribution in [0.3, 0.4) is 0 Å². The number of hydrogen-bond donors (Lipinski definition) is 2. The minimum absolute atomic E-state index is 0.192. The number of nitrogens with one attached hydrogen (secondary N) is 2. The second-order valence-electron chi connectivity index (χ2n) is 5.22. The first-order chi connectivity index (χ1) is 11.3. The quantitative estimate of drug-likeness (QED) is 0.446. The van der Waals surface area contributed by atoms with Gasteiger partial charge in [0.2, 0.25) is 0 Å². The van der Waals surface area contributed by atoms with E-state index in [0.717, 1.165) is 50.5 Å². The van der Waals surface area contributed by atoms with Crippen molar-refractivity contribution in [3.63, 3.8) is 0 Å². The maximum Gasteiger partial charge on any atom is 0.191 e. The Morgan fingerprint density at radius 3 is 3.00 bits per heavy atom. The predicted molar refractivity (Wildman–Crippen MR) is 90.9 cm³/mol. The van der Waals surface area contributed by atoms with Gasteiger partial charge in [-0.05, 0) is 37.5 Å². The van der Waals surface area contributed by atoms with E-state index in [4.69, 9.17) is 0 Å². The van der Waals surface area contributed by atoms with E-state index in [2.05, 4.69) is 20.6 Å². The van der Waals surface area contributed by atoms with Crippen LogP contribution in [0.5, 0.6) is 0 Å². The Balaban J connectivity index is 1.72. The molecule has 0 amide bonds. The summed E-state index contributed by atoms with van der Waals surface area (Å²) in [5.74, 6) is 0.608. The van der Waals surface area contributed by atoms with Gasteiger partial charge in [0.05, 0.1) is 6.33 Å². The second-order valence-corrected chi connectivity index (χ2v) is 5.22. The number of guanidine groups is 1. The van der Waals surface area contributed by atoms with Crippen LogP contribution >= 0.6 is 0 Å². The fraction of sp³-hybridized carbons (Fsp3) is 0.412. The summed E-state index contributed by atoms with van der Waals surface area (Å²) in [6, 6.07) is 6.69. The lowest BCUT2D eigenvalue weighted by Gasteiger charge is -2.11. The first kappa shape index (κ1) is 17.0. The molecule has 2 N–H and O–H groups in total. The summed E-state index contributed by atoms with van der Waals surface area (Å²) in [6.45, 7) is 5.22. The normalized spacial score (nSPS) is 11.5. The van der Waals surface area contributed by atoms with Crippen LogP contribution in [-0.2, 0) is 13.0 Å². The summed E-state index contributed by atoms with van der Waals surface area (Å²) in [6.07, 6.45) is 7.26. The van der Waals surface area contributed by atoms with Crippen LogP contribution in [0.1, 0.15) is 18.9 Å². The van der Waals surface area contributed by atoms with Crippen LogP contribution in [-0.4, -0.2) is 35.1 Å². The van der Waals surface area contributed by atoms with Crippen LogP contribution in [0.2, 0.25) is 0 Å². The number of aryl methyl sites for hydroxylation is 1. The van der Waals surface area contributed by atoms with Gasteiger partial charge >= 0.3 is 0 Å². The van der Waals surface area contributed by atoms with Crippen molar-refractivity contribution in [2.75, 3.05) is 19.6 Å². The van der Waals surface area contributed by atoms with Gasteiger partial charge in [-0.3, -0.25) is 4.99 Å². The van der Waals surface area contributed by atoms with Gasteiger partial charge in [-0.25, -0.2) is 9.37 Å². The van der Waals surface area contributed by atoms with Crippen molar-refractivity contribution < 1.29 is 4.39 Å². The molecular weight excluding hydrogens is 293 g/mol. The number of aliphatic imine (C=N–C) groups is 1. The molecule has 1 heterocycles. The van der Waals surface area contributed by atoms with E-state index < -0.39 is 0 Å². The average molecular weight is 317 g/mol. The molecule has 0 radical (unpaired) electrons. The van der Waals surface area contributed by atoms with Crippen molar-refractivity contribution in [1.29, 1.82) is 0 Å². The van der Waals surface area contributed by atoms with Crippen molar-refractivity contribution in [2.45, 2.75) is 26.3 Å². The van der Waals surface area contributed by atoms with Crippen molar-refractivity contribution in [2.24, 2.45) is 4.99 Å². The van der Waals surface area contributed by atoms with Gasteiger partial charge in [0.25, 0.3) is 0 Å². The van der Waals surface area contributed by atoms with Crippen LogP contribution in [0.4, 0.5) is 4.39 Å². The number of aromatic nitrogens is 2. The minimum Gasteiger partial charge on any atom is -0.357 e. The molecule has 1 aromatic heterocycles. The molecule has 23 heavy (non-hydrogen) atoms. The third-order valence-electron chi connectivity index (χ3n) is 3.34. The number of rotatable bonds is 8. The van der Waals surface area contributed by atoms with Crippen molar-refractivity contribution >= 4 is 5.96 Å². The molecular formula is C17H24FN5. The Kier molecular flexibility index (Phi) is 7.10. The number of benzene rings is 1. The summed E-state index contributed by atoms with van der Waals surface area (Å²) in [7, 11) is 0. The van der Waals surface area contributed by atoms with Gasteiger partial charge in [0.15, 0.2) is 5.96 Å². The molecule has 2 rings (SSSR count). The molecule has 1 aromatic carbocycles. The number of nitrogens with zero attached hydrogens (tertiary/aromatic N) is 3. The van der Waals surface area contributed by atoms with E-state index in [1.165, 1.54) is 6.07 Å². The van der Waals surface area contributed by atoms with Gasteiger partial charge in [0.1, 0.15) is 5.82 Å². The lowest BCUT2D eigenvalue weighted by atomic mass is 10.1. The molecule has 124 valence electrons. The van der Waals surface area contributed by atoms with Gasteiger partial charge in [-0.2, -0.15) is 0 Å². The monoisotopic (exact) mass is 317 g/mol. The highest BCUT2D eigenvalue weighted by Crippen LogP contribution is 2.03. The van der Waals surface area contributed by atoms with Crippen LogP contribution in [0.25, 0.3) is 0 Å². The molecule has 2 aromatic rings. The zero-order valence-electron chi connectivity index (χ0n) is 13.5. The van der Waals surface area contributed by atoms with Crippen LogP contribution in [0.15, 0.2) is 48.0 Å². The van der Waals surface area contributed by atoms with Gasteiger partial charge < -0.3 is 15.2 Å². The molecule has 0 aliphatic heterocycles. The first-order valence-electron chi connectivity index (χ1n) is 8.00. The van der Waals surface area contributed by atoms with E-state index in [-0.39, 0.29) is 5.82 Å². The highest BCUT2D eigenvalue weighted by atomic mass is 19.1. The summed E-state index contributed by atoms with van der Waals surface area (Å²) >= 11 is 0. The van der Waals surface area contributed by atoms with Gasteiger partial charge in [0, 0.05) is 38.6 Å². The van der Waals surface area contributed by atoms with Gasteiger partial charge in [-0.1, -0.05) is 12.1 Å². The third kappa shape index (κ3) is 6.50. The highest BCUT2D eigenvalue weighted by Gasteiger charge is 1.99. The zero-order chi connectivity index (χ0) is 16.3. The standard InChI is InChI=1S/C17H24FN5/c1-2-20-17(21-8-4-11-23-12-10-19-14-23)22-9-7-15-5-3-6-16(18)13-15/h3,5-6,10,12-14H,2,4,7-9,11H2,1H3,(H2,20,21,22). The molecule has 0 saturated carbocycles. The zero-order valence-corrected chi connectivity index (χ0v) is 13.5. The number of imidazole rings is 1. The fourth-order valence-electron chi connectivity index (χ4n) is 2.22. The minimum atomic E-state index is -0.192. The number of halogens is 1. The Hall–Kier alpha value is -2.37. The molecule has 0 fully saturated rings. The Bertz CT molecular complexity index is 595. The SMILES string of the molecule is CCNC(=NCCCn1ccnc1)NCCc1cccc(F)c1. The maximum atomic E-state index is 13.1. The molecule has 0 saturated heterocycles. The van der Waals surface area contributed by atoms with E-state index in [9.17, 15) is 4.39 Å². The number of hydrogen-bond acceptors (Lipinski definition) is 2. The summed E-state index contributed by atoms with van der Waals surface area (Å²) < 4.78 is 15.2. The Morgan fingerprint density at radius 2 is 2.26 bits per heavy atom. The van der Waals surface area contributed by atoms with Crippen LogP contribution < -0.4 is 10.6 Å². The van der Waals surface area contributed by atoms with Crippen molar-refractivity contribution in [3.8, 4) is 0 Å². The largest absolute Gasteiger partial charge is 0.357 e. The molecule has 0 atom stereocenters. The molecule has 5 nitrogen and oxygen atoms in total. The van der Waals surface area contributed by atoms with Crippen LogP contribution in [0, 0.1) is 5.82 Å². The third-order valence-corrected chi connectivity index (χ3v) is 3.34. The highest BCUT2D eigenvalue weighted by molar-refractivity contribution is 5.79. The summed E-state index contributed by atoms with van der Waals surface area (Å²) in [4.78, 5) is 8.56. The fourth-order valence-corrected chi connectivity index (χ4v) is 2.22. The first-order valence-corrected chi connectivity index (χ1v) is 8.00. The van der Waals surface area contributed by atoms with Crippen molar-refractivity contribution in [3.05, 3.63) is 54.4 Å².